The van der Waals surface area contributed by atoms with E-state index in [-0.39, 0.29) is 18.2 Å². The lowest BCUT2D eigenvalue weighted by molar-refractivity contribution is -0.117. The van der Waals surface area contributed by atoms with Gasteiger partial charge in [-0.2, -0.15) is 10.5 Å². The largest absolute Gasteiger partial charge is 0.490 e. The minimum Gasteiger partial charge on any atom is -0.490 e. The Balaban J connectivity index is 3.24. The van der Waals surface area contributed by atoms with E-state index >= 15 is 0 Å². The number of ether oxygens (including phenoxy) is 2. The summed E-state index contributed by atoms with van der Waals surface area (Å²) in [6.45, 7) is 5.81. The summed E-state index contributed by atoms with van der Waals surface area (Å²) in [5.41, 5.74) is 0.648. The number of halogens is 1. The van der Waals surface area contributed by atoms with Crippen LogP contribution in [0.4, 0.5) is 0 Å². The van der Waals surface area contributed by atoms with E-state index in [1.807, 2.05) is 32.9 Å². The molecule has 0 unspecified atom stereocenters. The Hall–Kier alpha value is -2.26. The lowest BCUT2D eigenvalue weighted by Gasteiger charge is -2.13. The lowest BCUT2D eigenvalue weighted by Crippen LogP contribution is -2.30. The molecule has 24 heavy (non-hydrogen) atoms. The fourth-order valence-corrected chi connectivity index (χ4v) is 2.62. The Morgan fingerprint density at radius 1 is 1.38 bits per heavy atom. The maximum atomic E-state index is 12.0. The summed E-state index contributed by atoms with van der Waals surface area (Å²) in [7, 11) is 0. The van der Waals surface area contributed by atoms with E-state index in [0.29, 0.717) is 23.7 Å². The zero-order valence-electron chi connectivity index (χ0n) is 13.7. The molecule has 0 saturated heterocycles. The van der Waals surface area contributed by atoms with Gasteiger partial charge in [-0.25, -0.2) is 0 Å². The van der Waals surface area contributed by atoms with Gasteiger partial charge in [0.1, 0.15) is 17.7 Å². The molecule has 1 N–H and O–H groups in total. The summed E-state index contributed by atoms with van der Waals surface area (Å²) >= 11 is 2.06. The van der Waals surface area contributed by atoms with Crippen LogP contribution in [0, 0.1) is 26.2 Å². The molecule has 126 valence electrons. The SMILES string of the molecule is CCOc1cc(/C=C(/C#N)C(=O)NC(C)C)cc(I)c1OCC#N. The molecule has 0 aliphatic rings. The maximum absolute atomic E-state index is 12.0. The van der Waals surface area contributed by atoms with Crippen molar-refractivity contribution in [1.82, 2.24) is 5.32 Å². The zero-order valence-corrected chi connectivity index (χ0v) is 15.9. The van der Waals surface area contributed by atoms with Gasteiger partial charge in [0.25, 0.3) is 5.91 Å². The van der Waals surface area contributed by atoms with Crippen LogP contribution in [0.2, 0.25) is 0 Å². The van der Waals surface area contributed by atoms with E-state index in [1.54, 1.807) is 12.1 Å². The van der Waals surface area contributed by atoms with Crippen molar-refractivity contribution in [3.05, 3.63) is 26.8 Å². The molecule has 0 spiro atoms. The van der Waals surface area contributed by atoms with Gasteiger partial charge in [0.2, 0.25) is 0 Å². The average Bonchev–Trinajstić information content (AvgIpc) is 2.51. The van der Waals surface area contributed by atoms with Crippen molar-refractivity contribution in [2.24, 2.45) is 0 Å². The summed E-state index contributed by atoms with van der Waals surface area (Å²) in [4.78, 5) is 12.0. The fourth-order valence-electron chi connectivity index (χ4n) is 1.83. The molecule has 1 aromatic rings. The number of benzene rings is 1. The van der Waals surface area contributed by atoms with Gasteiger partial charge in [-0.1, -0.05) is 0 Å². The van der Waals surface area contributed by atoms with E-state index in [4.69, 9.17) is 14.7 Å². The zero-order chi connectivity index (χ0) is 18.1. The molecule has 0 atom stereocenters. The van der Waals surface area contributed by atoms with Crippen LogP contribution in [0.25, 0.3) is 6.08 Å². The molecule has 1 amide bonds. The van der Waals surface area contributed by atoms with Gasteiger partial charge in [-0.3, -0.25) is 4.79 Å². The van der Waals surface area contributed by atoms with Crippen molar-refractivity contribution in [1.29, 1.82) is 10.5 Å². The van der Waals surface area contributed by atoms with Gasteiger partial charge in [0, 0.05) is 6.04 Å². The second-order valence-electron chi connectivity index (χ2n) is 5.01. The normalized spacial score (nSPS) is 10.7. The number of amides is 1. The molecule has 7 heteroatoms. The molecule has 0 radical (unpaired) electrons. The molecule has 6 nitrogen and oxygen atoms in total. The third kappa shape index (κ3) is 5.74. The summed E-state index contributed by atoms with van der Waals surface area (Å²) in [5.74, 6) is 0.513. The molecule has 0 aliphatic heterocycles. The van der Waals surface area contributed by atoms with Crippen LogP contribution < -0.4 is 14.8 Å². The van der Waals surface area contributed by atoms with Gasteiger partial charge >= 0.3 is 0 Å². The first-order chi connectivity index (χ1) is 11.4. The second-order valence-corrected chi connectivity index (χ2v) is 6.17. The lowest BCUT2D eigenvalue weighted by atomic mass is 10.1. The van der Waals surface area contributed by atoms with Crippen molar-refractivity contribution in [2.45, 2.75) is 26.8 Å². The van der Waals surface area contributed by atoms with Crippen molar-refractivity contribution in [3.63, 3.8) is 0 Å². The van der Waals surface area contributed by atoms with Crippen molar-refractivity contribution in [2.75, 3.05) is 13.2 Å². The number of carbonyl (C=O) groups excluding carboxylic acids is 1. The highest BCUT2D eigenvalue weighted by Crippen LogP contribution is 2.34. The fraction of sp³-hybridized carbons (Fsp3) is 0.353. The van der Waals surface area contributed by atoms with Crippen molar-refractivity contribution >= 4 is 34.6 Å². The number of carbonyl (C=O) groups is 1. The third-order valence-electron chi connectivity index (χ3n) is 2.71. The van der Waals surface area contributed by atoms with Crippen LogP contribution >= 0.6 is 22.6 Å². The summed E-state index contributed by atoms with van der Waals surface area (Å²) in [6.07, 6.45) is 1.50. The van der Waals surface area contributed by atoms with E-state index in [9.17, 15) is 10.1 Å². The molecular formula is C17H18IN3O3. The van der Waals surface area contributed by atoms with Gasteiger partial charge in [0.15, 0.2) is 18.1 Å². The number of hydrogen-bond donors (Lipinski definition) is 1. The number of rotatable bonds is 7. The molecule has 0 saturated carbocycles. The smallest absolute Gasteiger partial charge is 0.262 e. The molecule has 0 aromatic heterocycles. The Bertz CT molecular complexity index is 715. The first-order valence-electron chi connectivity index (χ1n) is 7.31. The van der Waals surface area contributed by atoms with Gasteiger partial charge in [0.05, 0.1) is 10.2 Å². The number of hydrogen-bond acceptors (Lipinski definition) is 5. The third-order valence-corrected chi connectivity index (χ3v) is 3.51. The highest BCUT2D eigenvalue weighted by molar-refractivity contribution is 14.1. The maximum Gasteiger partial charge on any atom is 0.262 e. The molecular weight excluding hydrogens is 421 g/mol. The van der Waals surface area contributed by atoms with Gasteiger partial charge in [-0.05, 0) is 67.1 Å². The summed E-state index contributed by atoms with van der Waals surface area (Å²) < 4.78 is 11.7. The van der Waals surface area contributed by atoms with Gasteiger partial charge in [-0.15, -0.1) is 0 Å². The Labute approximate surface area is 155 Å². The predicted octanol–water partition coefficient (Wildman–Crippen LogP) is 3.02. The van der Waals surface area contributed by atoms with Crippen LogP contribution in [0.1, 0.15) is 26.3 Å². The van der Waals surface area contributed by atoms with Gasteiger partial charge < -0.3 is 14.8 Å². The van der Waals surface area contributed by atoms with Crippen LogP contribution in [-0.4, -0.2) is 25.2 Å². The summed E-state index contributed by atoms with van der Waals surface area (Å²) in [6, 6.07) is 7.20. The topological polar surface area (TPSA) is 95.1 Å². The minimum atomic E-state index is -0.426. The van der Waals surface area contributed by atoms with Crippen LogP contribution in [-0.2, 0) is 4.79 Å². The monoisotopic (exact) mass is 439 g/mol. The molecule has 0 fully saturated rings. The van der Waals surface area contributed by atoms with Crippen molar-refractivity contribution < 1.29 is 14.3 Å². The molecule has 1 rings (SSSR count). The first kappa shape index (κ1) is 19.8. The van der Waals surface area contributed by atoms with E-state index in [1.165, 1.54) is 6.08 Å². The van der Waals surface area contributed by atoms with Crippen molar-refractivity contribution in [3.8, 4) is 23.6 Å². The average molecular weight is 439 g/mol. The first-order valence-corrected chi connectivity index (χ1v) is 8.39. The second kappa shape index (κ2) is 9.78. The van der Waals surface area contributed by atoms with E-state index in [2.05, 4.69) is 27.9 Å². The summed E-state index contributed by atoms with van der Waals surface area (Å²) in [5, 5.41) is 20.6. The quantitative estimate of drug-likeness (QED) is 0.401. The number of nitriles is 2. The van der Waals surface area contributed by atoms with Crippen LogP contribution in [0.15, 0.2) is 17.7 Å². The number of nitrogens with one attached hydrogen (secondary N) is 1. The molecule has 0 heterocycles. The Morgan fingerprint density at radius 2 is 2.08 bits per heavy atom. The Kier molecular flexibility index (Phi) is 8.07. The molecule has 1 aromatic carbocycles. The van der Waals surface area contributed by atoms with E-state index < -0.39 is 5.91 Å². The standard InChI is InChI=1S/C17H18IN3O3/c1-4-23-15-9-12(8-14(18)16(15)24-6-5-19)7-13(10-20)17(22)21-11(2)3/h7-9,11H,4,6H2,1-3H3,(H,21,22)/b13-7-. The van der Waals surface area contributed by atoms with Crippen LogP contribution in [0.3, 0.4) is 0 Å². The van der Waals surface area contributed by atoms with Crippen LogP contribution in [0.5, 0.6) is 11.5 Å². The number of nitrogens with zero attached hydrogens (tertiary/aromatic N) is 2. The highest BCUT2D eigenvalue weighted by Gasteiger charge is 2.14. The Morgan fingerprint density at radius 3 is 2.62 bits per heavy atom. The highest BCUT2D eigenvalue weighted by atomic mass is 127. The molecule has 0 bridgehead atoms. The minimum absolute atomic E-state index is 0.00708. The predicted molar refractivity (Wildman–Crippen MR) is 98.3 cm³/mol. The molecule has 0 aliphatic carbocycles. The van der Waals surface area contributed by atoms with E-state index in [0.717, 1.165) is 3.57 Å².